The number of halogens is 1. The van der Waals surface area contributed by atoms with E-state index in [1.165, 1.54) is 31.2 Å². The SMILES string of the molecule is CCCC1CNC(CC)(CC)CN1Cc1ccncc1Cl. The van der Waals surface area contributed by atoms with Crippen LogP contribution in [0.4, 0.5) is 0 Å². The van der Waals surface area contributed by atoms with Crippen LogP contribution >= 0.6 is 11.6 Å². The molecule has 0 bridgehead atoms. The Kier molecular flexibility index (Phi) is 6.03. The molecule has 0 saturated carbocycles. The van der Waals surface area contributed by atoms with Crippen LogP contribution in [0.2, 0.25) is 5.02 Å². The molecule has 1 aliphatic heterocycles. The highest BCUT2D eigenvalue weighted by Crippen LogP contribution is 2.27. The van der Waals surface area contributed by atoms with Gasteiger partial charge in [-0.25, -0.2) is 0 Å². The van der Waals surface area contributed by atoms with Gasteiger partial charge in [-0.1, -0.05) is 38.8 Å². The van der Waals surface area contributed by atoms with Crippen molar-refractivity contribution in [2.24, 2.45) is 0 Å². The Balaban J connectivity index is 2.16. The van der Waals surface area contributed by atoms with Crippen molar-refractivity contribution in [1.29, 1.82) is 0 Å². The Morgan fingerprint density at radius 1 is 1.38 bits per heavy atom. The van der Waals surface area contributed by atoms with Gasteiger partial charge in [-0.05, 0) is 30.9 Å². The van der Waals surface area contributed by atoms with E-state index in [0.717, 1.165) is 24.7 Å². The zero-order valence-corrected chi connectivity index (χ0v) is 14.3. The zero-order chi connectivity index (χ0) is 15.3. The normalized spacial score (nSPS) is 22.4. The van der Waals surface area contributed by atoms with E-state index >= 15 is 0 Å². The topological polar surface area (TPSA) is 28.2 Å². The predicted molar refractivity (Wildman–Crippen MR) is 89.7 cm³/mol. The zero-order valence-electron chi connectivity index (χ0n) is 13.5. The Morgan fingerprint density at radius 3 is 2.76 bits per heavy atom. The fraction of sp³-hybridized carbons (Fsp3) is 0.706. The second-order valence-electron chi connectivity index (χ2n) is 6.18. The van der Waals surface area contributed by atoms with Gasteiger partial charge >= 0.3 is 0 Å². The maximum absolute atomic E-state index is 6.30. The van der Waals surface area contributed by atoms with Crippen LogP contribution in [0.3, 0.4) is 0 Å². The molecule has 21 heavy (non-hydrogen) atoms. The van der Waals surface area contributed by atoms with Gasteiger partial charge in [0.25, 0.3) is 0 Å². The molecule has 0 aliphatic carbocycles. The van der Waals surface area contributed by atoms with E-state index in [-0.39, 0.29) is 5.54 Å². The van der Waals surface area contributed by atoms with Gasteiger partial charge in [0.15, 0.2) is 0 Å². The number of nitrogens with zero attached hydrogens (tertiary/aromatic N) is 2. The lowest BCUT2D eigenvalue weighted by Gasteiger charge is -2.47. The molecule has 2 heterocycles. The Bertz CT molecular complexity index is 445. The number of hydrogen-bond donors (Lipinski definition) is 1. The van der Waals surface area contributed by atoms with Gasteiger partial charge in [0.05, 0.1) is 5.02 Å². The Hall–Kier alpha value is -0.640. The highest BCUT2D eigenvalue weighted by atomic mass is 35.5. The van der Waals surface area contributed by atoms with Crippen LogP contribution in [-0.2, 0) is 6.54 Å². The predicted octanol–water partition coefficient (Wildman–Crippen LogP) is 3.87. The number of piperazine rings is 1. The molecule has 1 N–H and O–H groups in total. The van der Waals surface area contributed by atoms with E-state index in [0.29, 0.717) is 6.04 Å². The third-order valence-corrected chi connectivity index (χ3v) is 5.28. The van der Waals surface area contributed by atoms with E-state index in [9.17, 15) is 0 Å². The lowest BCUT2D eigenvalue weighted by Crippen LogP contribution is -2.63. The largest absolute Gasteiger partial charge is 0.308 e. The molecule has 1 aromatic rings. The molecule has 0 aromatic carbocycles. The quantitative estimate of drug-likeness (QED) is 0.864. The summed E-state index contributed by atoms with van der Waals surface area (Å²) in [4.78, 5) is 6.71. The van der Waals surface area contributed by atoms with Gasteiger partial charge in [-0.3, -0.25) is 9.88 Å². The molecule has 0 spiro atoms. The summed E-state index contributed by atoms with van der Waals surface area (Å²) in [5.41, 5.74) is 1.44. The van der Waals surface area contributed by atoms with Crippen LogP contribution in [0.25, 0.3) is 0 Å². The van der Waals surface area contributed by atoms with Crippen LogP contribution in [0.1, 0.15) is 52.0 Å². The first-order chi connectivity index (χ1) is 10.1. The number of nitrogens with one attached hydrogen (secondary N) is 1. The molecule has 0 amide bonds. The molecule has 1 fully saturated rings. The Morgan fingerprint density at radius 2 is 2.14 bits per heavy atom. The molecule has 4 heteroatoms. The molecule has 1 atom stereocenters. The maximum atomic E-state index is 6.30. The second kappa shape index (κ2) is 7.57. The van der Waals surface area contributed by atoms with Gasteiger partial charge in [0.1, 0.15) is 0 Å². The van der Waals surface area contributed by atoms with Crippen LogP contribution in [0.15, 0.2) is 18.5 Å². The fourth-order valence-electron chi connectivity index (χ4n) is 3.31. The van der Waals surface area contributed by atoms with Gasteiger partial charge in [0.2, 0.25) is 0 Å². The average molecular weight is 310 g/mol. The molecule has 1 aromatic heterocycles. The summed E-state index contributed by atoms with van der Waals surface area (Å²) < 4.78 is 0. The van der Waals surface area contributed by atoms with E-state index in [4.69, 9.17) is 11.6 Å². The van der Waals surface area contributed by atoms with E-state index in [2.05, 4.69) is 36.0 Å². The van der Waals surface area contributed by atoms with Crippen molar-refractivity contribution < 1.29 is 0 Å². The summed E-state index contributed by atoms with van der Waals surface area (Å²) in [6.45, 7) is 9.94. The highest BCUT2D eigenvalue weighted by Gasteiger charge is 2.36. The summed E-state index contributed by atoms with van der Waals surface area (Å²) >= 11 is 6.30. The van der Waals surface area contributed by atoms with Crippen LogP contribution in [0.5, 0.6) is 0 Å². The summed E-state index contributed by atoms with van der Waals surface area (Å²) in [5, 5.41) is 4.59. The molecule has 118 valence electrons. The number of aromatic nitrogens is 1. The first-order valence-electron chi connectivity index (χ1n) is 8.21. The van der Waals surface area contributed by atoms with Crippen LogP contribution in [-0.4, -0.2) is 34.6 Å². The number of hydrogen-bond acceptors (Lipinski definition) is 3. The van der Waals surface area contributed by atoms with Crippen LogP contribution in [0, 0.1) is 0 Å². The van der Waals surface area contributed by atoms with Crippen molar-refractivity contribution in [2.75, 3.05) is 13.1 Å². The average Bonchev–Trinajstić information content (AvgIpc) is 2.51. The van der Waals surface area contributed by atoms with E-state index in [1.54, 1.807) is 6.20 Å². The third-order valence-electron chi connectivity index (χ3n) is 4.94. The standard InChI is InChI=1S/C17H28ClN3/c1-4-7-15-10-20-17(5-2,6-3)13-21(15)12-14-8-9-19-11-16(14)18/h8-9,11,15,20H,4-7,10,12-13H2,1-3H3. The number of pyridine rings is 1. The minimum atomic E-state index is 0.254. The molecule has 2 rings (SSSR count). The second-order valence-corrected chi connectivity index (χ2v) is 6.59. The highest BCUT2D eigenvalue weighted by molar-refractivity contribution is 6.31. The first kappa shape index (κ1) is 16.7. The molecular weight excluding hydrogens is 282 g/mol. The molecule has 0 radical (unpaired) electrons. The maximum Gasteiger partial charge on any atom is 0.0634 e. The van der Waals surface area contributed by atoms with Crippen molar-refractivity contribution in [3.63, 3.8) is 0 Å². The monoisotopic (exact) mass is 309 g/mol. The summed E-state index contributed by atoms with van der Waals surface area (Å²) in [5.74, 6) is 0. The number of rotatable bonds is 6. The molecule has 1 unspecified atom stereocenters. The van der Waals surface area contributed by atoms with Crippen molar-refractivity contribution in [3.8, 4) is 0 Å². The van der Waals surface area contributed by atoms with Crippen molar-refractivity contribution in [3.05, 3.63) is 29.0 Å². The fourth-order valence-corrected chi connectivity index (χ4v) is 3.49. The molecule has 3 nitrogen and oxygen atoms in total. The lowest BCUT2D eigenvalue weighted by atomic mass is 9.87. The summed E-state index contributed by atoms with van der Waals surface area (Å²) in [7, 11) is 0. The molecule has 1 saturated heterocycles. The first-order valence-corrected chi connectivity index (χ1v) is 8.59. The van der Waals surface area contributed by atoms with Gasteiger partial charge in [0, 0.05) is 43.6 Å². The third kappa shape index (κ3) is 3.97. The lowest BCUT2D eigenvalue weighted by molar-refractivity contribution is 0.0617. The van der Waals surface area contributed by atoms with Gasteiger partial charge in [-0.2, -0.15) is 0 Å². The minimum absolute atomic E-state index is 0.254. The summed E-state index contributed by atoms with van der Waals surface area (Å²) in [6, 6.07) is 2.65. The smallest absolute Gasteiger partial charge is 0.0634 e. The van der Waals surface area contributed by atoms with Crippen molar-refractivity contribution >= 4 is 11.6 Å². The van der Waals surface area contributed by atoms with Gasteiger partial charge in [-0.15, -0.1) is 0 Å². The van der Waals surface area contributed by atoms with E-state index in [1.807, 2.05) is 12.3 Å². The van der Waals surface area contributed by atoms with E-state index < -0.39 is 0 Å². The van der Waals surface area contributed by atoms with Gasteiger partial charge < -0.3 is 5.32 Å². The summed E-state index contributed by atoms with van der Waals surface area (Å²) in [6.07, 6.45) is 8.38. The molecule has 1 aliphatic rings. The molecular formula is C17H28ClN3. The Labute approximate surface area is 134 Å². The minimum Gasteiger partial charge on any atom is -0.308 e. The van der Waals surface area contributed by atoms with Crippen molar-refractivity contribution in [1.82, 2.24) is 15.2 Å². The van der Waals surface area contributed by atoms with Crippen LogP contribution < -0.4 is 5.32 Å². The van der Waals surface area contributed by atoms with Crippen molar-refractivity contribution in [2.45, 2.75) is 64.6 Å².